The average Bonchev–Trinajstić information content (AvgIpc) is 3.05. The van der Waals surface area contributed by atoms with Crippen molar-refractivity contribution in [1.29, 1.82) is 0 Å². The second-order valence-electron chi connectivity index (χ2n) is 13.3. The van der Waals surface area contributed by atoms with Gasteiger partial charge in [0.2, 0.25) is 0 Å². The van der Waals surface area contributed by atoms with E-state index in [-0.39, 0.29) is 6.42 Å². The van der Waals surface area contributed by atoms with Gasteiger partial charge in [0.05, 0.1) is 24.3 Å². The standard InChI is InChI=1S/C38H35NO4S.C4H10O/c1-24-13-15-28(16-14-24)36-26(3)37-34-20-31(42-23-27-9-8-12-32(19-27)43-30-10-6-5-7-11-30)18-17-29(34)22-39(44-4)38(37)25(2)33(36)21-35(40)41;1-4(2,3)5/h5-20H,21-23H2,1-4H3,(H,40,41);5H,1-3H3. The van der Waals surface area contributed by atoms with Gasteiger partial charge in [0, 0.05) is 11.8 Å². The van der Waals surface area contributed by atoms with Crippen LogP contribution < -0.4 is 13.8 Å². The molecule has 0 aromatic heterocycles. The summed E-state index contributed by atoms with van der Waals surface area (Å²) in [5.41, 5.74) is 11.2. The summed E-state index contributed by atoms with van der Waals surface area (Å²) in [6.07, 6.45) is 2.04. The van der Waals surface area contributed by atoms with Crippen LogP contribution in [0.5, 0.6) is 17.2 Å². The molecule has 0 bridgehead atoms. The number of para-hydroxylation sites is 1. The third-order valence-corrected chi connectivity index (χ3v) is 8.93. The lowest BCUT2D eigenvalue weighted by Gasteiger charge is -2.36. The fraction of sp³-hybridized carbons (Fsp3) is 0.262. The molecule has 6 rings (SSSR count). The maximum atomic E-state index is 12.1. The van der Waals surface area contributed by atoms with Crippen LogP contribution in [0.4, 0.5) is 5.69 Å². The van der Waals surface area contributed by atoms with Crippen molar-refractivity contribution in [1.82, 2.24) is 0 Å². The van der Waals surface area contributed by atoms with E-state index in [0.29, 0.717) is 6.61 Å². The number of aliphatic carboxylic acids is 1. The van der Waals surface area contributed by atoms with Crippen molar-refractivity contribution in [3.8, 4) is 39.5 Å². The number of carbonyl (C=O) groups is 1. The number of nitrogens with zero attached hydrogens (tertiary/aromatic N) is 1. The van der Waals surface area contributed by atoms with E-state index in [4.69, 9.17) is 14.6 Å². The first kappa shape index (κ1) is 35.6. The number of rotatable bonds is 9. The van der Waals surface area contributed by atoms with E-state index >= 15 is 0 Å². The Morgan fingerprint density at radius 2 is 1.49 bits per heavy atom. The van der Waals surface area contributed by atoms with Crippen LogP contribution >= 0.6 is 11.9 Å². The first-order valence-corrected chi connectivity index (χ1v) is 17.6. The number of anilines is 1. The molecular formula is C42H45NO5S. The minimum atomic E-state index is -0.832. The predicted molar refractivity (Wildman–Crippen MR) is 202 cm³/mol. The molecule has 0 saturated carbocycles. The van der Waals surface area contributed by atoms with Gasteiger partial charge in [-0.2, -0.15) is 0 Å². The summed E-state index contributed by atoms with van der Waals surface area (Å²) in [6.45, 7) is 12.6. The molecule has 0 saturated heterocycles. The Kier molecular flexibility index (Phi) is 11.1. The summed E-state index contributed by atoms with van der Waals surface area (Å²) in [7, 11) is 0. The number of aryl methyl sites for hydroxylation is 1. The van der Waals surface area contributed by atoms with Gasteiger partial charge in [0.15, 0.2) is 0 Å². The molecule has 0 fully saturated rings. The van der Waals surface area contributed by atoms with Crippen molar-refractivity contribution in [2.24, 2.45) is 0 Å². The Morgan fingerprint density at radius 1 is 0.816 bits per heavy atom. The van der Waals surface area contributed by atoms with Crippen LogP contribution in [0.1, 0.15) is 54.2 Å². The minimum Gasteiger partial charge on any atom is -0.489 e. The topological polar surface area (TPSA) is 79.2 Å². The fourth-order valence-corrected chi connectivity index (χ4v) is 6.75. The quantitative estimate of drug-likeness (QED) is 0.151. The van der Waals surface area contributed by atoms with Gasteiger partial charge < -0.3 is 24.0 Å². The molecule has 0 spiro atoms. The van der Waals surface area contributed by atoms with Gasteiger partial charge in [-0.05, 0) is 122 Å². The molecular weight excluding hydrogens is 631 g/mol. The lowest BCUT2D eigenvalue weighted by Crippen LogP contribution is -2.22. The van der Waals surface area contributed by atoms with E-state index in [0.717, 1.165) is 74.0 Å². The summed E-state index contributed by atoms with van der Waals surface area (Å²) >= 11 is 1.66. The van der Waals surface area contributed by atoms with Crippen molar-refractivity contribution in [3.05, 3.63) is 130 Å². The largest absolute Gasteiger partial charge is 0.489 e. The van der Waals surface area contributed by atoms with E-state index in [2.05, 4.69) is 67.7 Å². The molecule has 5 aromatic rings. The van der Waals surface area contributed by atoms with Crippen molar-refractivity contribution in [3.63, 3.8) is 0 Å². The molecule has 0 unspecified atom stereocenters. The van der Waals surface area contributed by atoms with Gasteiger partial charge in [-0.15, -0.1) is 0 Å². The monoisotopic (exact) mass is 675 g/mol. The Labute approximate surface area is 294 Å². The lowest BCUT2D eigenvalue weighted by atomic mass is 9.81. The Bertz CT molecular complexity index is 1920. The van der Waals surface area contributed by atoms with Gasteiger partial charge >= 0.3 is 5.97 Å². The Morgan fingerprint density at radius 3 is 2.14 bits per heavy atom. The van der Waals surface area contributed by atoms with Crippen LogP contribution in [-0.2, 0) is 24.4 Å². The summed E-state index contributed by atoms with van der Waals surface area (Å²) < 4.78 is 14.7. The van der Waals surface area contributed by atoms with E-state index in [1.54, 1.807) is 32.7 Å². The molecule has 254 valence electrons. The van der Waals surface area contributed by atoms with E-state index in [1.807, 2.05) is 60.7 Å². The third-order valence-electron chi connectivity index (χ3n) is 8.18. The maximum Gasteiger partial charge on any atom is 0.307 e. The summed E-state index contributed by atoms with van der Waals surface area (Å²) in [5.74, 6) is 1.51. The molecule has 1 aliphatic heterocycles. The number of hydrogen-bond donors (Lipinski definition) is 2. The zero-order valence-electron chi connectivity index (χ0n) is 29.3. The number of carboxylic acids is 1. The minimum absolute atomic E-state index is 0.0333. The number of benzene rings is 5. The highest BCUT2D eigenvalue weighted by Crippen LogP contribution is 2.51. The molecule has 0 radical (unpaired) electrons. The number of fused-ring (bicyclic) bond motifs is 3. The van der Waals surface area contributed by atoms with Crippen LogP contribution in [0, 0.1) is 20.8 Å². The second-order valence-corrected chi connectivity index (χ2v) is 14.1. The molecule has 1 heterocycles. The first-order chi connectivity index (χ1) is 23.3. The van der Waals surface area contributed by atoms with Crippen LogP contribution in [0.3, 0.4) is 0 Å². The SMILES string of the molecule is CC(C)(C)O.CSN1Cc2ccc(OCc3cccc(Oc4ccccc4)c3)cc2-c2c(C)c(-c3ccc(C)cc3)c(CC(=O)O)c(C)c21. The van der Waals surface area contributed by atoms with Crippen molar-refractivity contribution < 1.29 is 24.5 Å². The highest BCUT2D eigenvalue weighted by atomic mass is 32.2. The van der Waals surface area contributed by atoms with Crippen LogP contribution in [0.15, 0.2) is 97.1 Å². The molecule has 7 heteroatoms. The van der Waals surface area contributed by atoms with Crippen molar-refractivity contribution >= 4 is 23.6 Å². The summed E-state index contributed by atoms with van der Waals surface area (Å²) in [5, 5.41) is 18.4. The molecule has 0 aliphatic carbocycles. The zero-order valence-corrected chi connectivity index (χ0v) is 30.2. The van der Waals surface area contributed by atoms with Crippen LogP contribution in [0.25, 0.3) is 22.3 Å². The molecule has 5 aromatic carbocycles. The normalized spacial score (nSPS) is 12.0. The van der Waals surface area contributed by atoms with Gasteiger partial charge in [-0.25, -0.2) is 0 Å². The van der Waals surface area contributed by atoms with Crippen molar-refractivity contribution in [2.45, 2.75) is 66.7 Å². The number of carboxylic acid groups (broad SMARTS) is 1. The van der Waals surface area contributed by atoms with E-state index < -0.39 is 11.6 Å². The Hall–Kier alpha value is -4.72. The molecule has 49 heavy (non-hydrogen) atoms. The number of ether oxygens (including phenoxy) is 2. The van der Waals surface area contributed by atoms with E-state index in [1.165, 1.54) is 11.1 Å². The third kappa shape index (κ3) is 8.85. The fourth-order valence-electron chi connectivity index (χ4n) is 6.07. The number of hydrogen-bond acceptors (Lipinski definition) is 6. The predicted octanol–water partition coefficient (Wildman–Crippen LogP) is 10.3. The van der Waals surface area contributed by atoms with Crippen molar-refractivity contribution in [2.75, 3.05) is 10.6 Å². The van der Waals surface area contributed by atoms with Gasteiger partial charge in [0.25, 0.3) is 0 Å². The molecule has 2 N–H and O–H groups in total. The highest BCUT2D eigenvalue weighted by molar-refractivity contribution is 7.99. The average molecular weight is 676 g/mol. The van der Waals surface area contributed by atoms with Crippen LogP contribution in [0.2, 0.25) is 0 Å². The number of aliphatic hydroxyl groups is 1. The molecule has 1 aliphatic rings. The van der Waals surface area contributed by atoms with Gasteiger partial charge in [-0.3, -0.25) is 4.79 Å². The zero-order chi connectivity index (χ0) is 35.3. The lowest BCUT2D eigenvalue weighted by molar-refractivity contribution is -0.136. The van der Waals surface area contributed by atoms with Gasteiger partial charge in [0.1, 0.15) is 23.9 Å². The Balaban J connectivity index is 0.000000874. The van der Waals surface area contributed by atoms with E-state index in [9.17, 15) is 9.90 Å². The smallest absolute Gasteiger partial charge is 0.307 e. The molecule has 0 atom stereocenters. The summed E-state index contributed by atoms with van der Waals surface area (Å²) in [4.78, 5) is 12.1. The summed E-state index contributed by atoms with van der Waals surface area (Å²) in [6, 6.07) is 32.4. The highest BCUT2D eigenvalue weighted by Gasteiger charge is 2.30. The molecule has 6 nitrogen and oxygen atoms in total. The molecule has 0 amide bonds. The first-order valence-electron chi connectivity index (χ1n) is 16.4. The van der Waals surface area contributed by atoms with Crippen LogP contribution in [-0.4, -0.2) is 28.0 Å². The maximum absolute atomic E-state index is 12.1. The van der Waals surface area contributed by atoms with Gasteiger partial charge in [-0.1, -0.05) is 78.2 Å². The second kappa shape index (κ2) is 15.2.